The Morgan fingerprint density at radius 1 is 1.07 bits per heavy atom. The van der Waals surface area contributed by atoms with Gasteiger partial charge in [0.2, 0.25) is 11.8 Å². The van der Waals surface area contributed by atoms with E-state index in [0.717, 1.165) is 22.7 Å². The second kappa shape index (κ2) is 8.80. The Balaban J connectivity index is 1.26. The Labute approximate surface area is 169 Å². The molecule has 146 valence electrons. The lowest BCUT2D eigenvalue weighted by atomic mass is 10.1. The quantitative estimate of drug-likeness (QED) is 0.700. The number of benzene rings is 2. The molecule has 3 N–H and O–H groups in total. The largest absolute Gasteiger partial charge is 0.352 e. The van der Waals surface area contributed by atoms with Gasteiger partial charge < -0.3 is 15.5 Å². The molecule has 6 heteroatoms. The van der Waals surface area contributed by atoms with Crippen molar-refractivity contribution in [3.8, 4) is 0 Å². The molecule has 2 amide bonds. The summed E-state index contributed by atoms with van der Waals surface area (Å²) in [4.78, 5) is 27.2. The lowest BCUT2D eigenvalue weighted by molar-refractivity contribution is -0.901. The number of rotatable bonds is 6. The highest BCUT2D eigenvalue weighted by atomic mass is 32.2. The highest BCUT2D eigenvalue weighted by Gasteiger charge is 2.28. The van der Waals surface area contributed by atoms with Crippen molar-refractivity contribution in [1.82, 2.24) is 5.32 Å². The monoisotopic (exact) mass is 396 g/mol. The first-order chi connectivity index (χ1) is 13.7. The number of quaternary nitrogens is 1. The molecule has 0 unspecified atom stereocenters. The number of thioether (sulfide) groups is 1. The number of fused-ring (bicyclic) bond motifs is 1. The Morgan fingerprint density at radius 3 is 2.57 bits per heavy atom. The third-order valence-corrected chi connectivity index (χ3v) is 6.63. The third-order valence-electron chi connectivity index (χ3n) is 5.35. The Kier molecular flexibility index (Phi) is 5.98. The number of likely N-dealkylation sites (tertiary alicyclic amines) is 1. The molecule has 4 rings (SSSR count). The summed E-state index contributed by atoms with van der Waals surface area (Å²) < 4.78 is 0. The zero-order chi connectivity index (χ0) is 19.3. The second-order valence-corrected chi connectivity index (χ2v) is 8.77. The van der Waals surface area contributed by atoms with Crippen molar-refractivity contribution in [2.75, 3.05) is 18.4 Å². The van der Waals surface area contributed by atoms with E-state index < -0.39 is 0 Å². The fourth-order valence-electron chi connectivity index (χ4n) is 3.78. The fraction of sp³-hybridized carbons (Fsp3) is 0.364. The SMILES string of the molecule is O=C(C[C@H]1Sc2ccccc2NC1=O)NCc1ccc(C[NH+]2CCCC2)cc1. The molecule has 2 heterocycles. The smallest absolute Gasteiger partial charge is 0.238 e. The summed E-state index contributed by atoms with van der Waals surface area (Å²) in [5.74, 6) is -0.203. The average Bonchev–Trinajstić information content (AvgIpc) is 3.21. The Hall–Kier alpha value is -2.31. The van der Waals surface area contributed by atoms with Crippen molar-refractivity contribution in [3.63, 3.8) is 0 Å². The van der Waals surface area contributed by atoms with Crippen LogP contribution in [0.4, 0.5) is 5.69 Å². The molecule has 2 aliphatic heterocycles. The number of nitrogens with one attached hydrogen (secondary N) is 3. The summed E-state index contributed by atoms with van der Waals surface area (Å²) >= 11 is 1.46. The molecule has 1 saturated heterocycles. The van der Waals surface area contributed by atoms with E-state index in [9.17, 15) is 9.59 Å². The molecular formula is C22H26N3O2S+. The minimum absolute atomic E-state index is 0.0994. The van der Waals surface area contributed by atoms with Gasteiger partial charge in [0.05, 0.1) is 24.0 Å². The van der Waals surface area contributed by atoms with E-state index in [4.69, 9.17) is 0 Å². The predicted molar refractivity (Wildman–Crippen MR) is 111 cm³/mol. The molecule has 0 spiro atoms. The molecule has 1 atom stereocenters. The number of hydrogen-bond acceptors (Lipinski definition) is 3. The van der Waals surface area contributed by atoms with Crippen molar-refractivity contribution in [2.24, 2.45) is 0 Å². The maximum atomic E-state index is 12.3. The molecule has 28 heavy (non-hydrogen) atoms. The van der Waals surface area contributed by atoms with E-state index in [1.807, 2.05) is 24.3 Å². The normalized spacial score (nSPS) is 19.1. The maximum absolute atomic E-state index is 12.3. The van der Waals surface area contributed by atoms with Gasteiger partial charge in [-0.3, -0.25) is 9.59 Å². The van der Waals surface area contributed by atoms with Crippen LogP contribution in [-0.2, 0) is 22.7 Å². The first-order valence-electron chi connectivity index (χ1n) is 9.92. The van der Waals surface area contributed by atoms with E-state index in [1.165, 1.54) is 43.3 Å². The number of anilines is 1. The Morgan fingerprint density at radius 2 is 1.79 bits per heavy atom. The zero-order valence-corrected chi connectivity index (χ0v) is 16.7. The van der Waals surface area contributed by atoms with Crippen molar-refractivity contribution in [3.05, 3.63) is 59.7 Å². The van der Waals surface area contributed by atoms with Crippen LogP contribution in [0.5, 0.6) is 0 Å². The average molecular weight is 397 g/mol. The van der Waals surface area contributed by atoms with Gasteiger partial charge in [-0.15, -0.1) is 11.8 Å². The van der Waals surface area contributed by atoms with Crippen LogP contribution >= 0.6 is 11.8 Å². The number of para-hydroxylation sites is 1. The number of hydrogen-bond donors (Lipinski definition) is 3. The van der Waals surface area contributed by atoms with Gasteiger partial charge in [-0.1, -0.05) is 36.4 Å². The highest BCUT2D eigenvalue weighted by molar-refractivity contribution is 8.01. The van der Waals surface area contributed by atoms with Crippen molar-refractivity contribution >= 4 is 29.3 Å². The summed E-state index contributed by atoms with van der Waals surface area (Å²) in [5, 5.41) is 5.44. The topological polar surface area (TPSA) is 62.6 Å². The number of carbonyl (C=O) groups excluding carboxylic acids is 2. The fourth-order valence-corrected chi connectivity index (χ4v) is 4.89. The van der Waals surface area contributed by atoms with E-state index in [0.29, 0.717) is 6.54 Å². The summed E-state index contributed by atoms with van der Waals surface area (Å²) in [5.41, 5.74) is 3.26. The molecule has 0 aromatic heterocycles. The van der Waals surface area contributed by atoms with E-state index >= 15 is 0 Å². The predicted octanol–water partition coefficient (Wildman–Crippen LogP) is 1.98. The molecule has 0 bridgehead atoms. The third kappa shape index (κ3) is 4.75. The van der Waals surface area contributed by atoms with Gasteiger partial charge in [-0.25, -0.2) is 0 Å². The summed E-state index contributed by atoms with van der Waals surface area (Å²) in [7, 11) is 0. The van der Waals surface area contributed by atoms with Crippen LogP contribution in [0.2, 0.25) is 0 Å². The standard InChI is InChI=1S/C22H25N3O2S/c26-21(13-20-22(27)24-18-5-1-2-6-19(18)28-20)23-14-16-7-9-17(10-8-16)15-25-11-3-4-12-25/h1-2,5-10,20H,3-4,11-15H2,(H,23,26)(H,24,27)/p+1/t20-/m1/s1. The van der Waals surface area contributed by atoms with Crippen LogP contribution in [0.3, 0.4) is 0 Å². The van der Waals surface area contributed by atoms with Gasteiger partial charge in [0.1, 0.15) is 6.54 Å². The van der Waals surface area contributed by atoms with Crippen molar-refractivity contribution in [2.45, 2.75) is 42.5 Å². The molecule has 0 radical (unpaired) electrons. The van der Waals surface area contributed by atoms with Crippen LogP contribution in [0.25, 0.3) is 0 Å². The molecular weight excluding hydrogens is 370 g/mol. The molecule has 2 aromatic carbocycles. The van der Waals surface area contributed by atoms with Crippen LogP contribution < -0.4 is 15.5 Å². The van der Waals surface area contributed by atoms with Crippen molar-refractivity contribution < 1.29 is 14.5 Å². The van der Waals surface area contributed by atoms with Gasteiger partial charge in [0.15, 0.2) is 0 Å². The number of amides is 2. The highest BCUT2D eigenvalue weighted by Crippen LogP contribution is 2.36. The zero-order valence-electron chi connectivity index (χ0n) is 15.9. The molecule has 2 aliphatic rings. The molecule has 2 aromatic rings. The lowest BCUT2D eigenvalue weighted by Gasteiger charge is -2.23. The maximum Gasteiger partial charge on any atom is 0.238 e. The first-order valence-corrected chi connectivity index (χ1v) is 10.8. The van der Waals surface area contributed by atoms with Crippen LogP contribution in [0.1, 0.15) is 30.4 Å². The van der Waals surface area contributed by atoms with Crippen LogP contribution in [-0.4, -0.2) is 30.2 Å². The summed E-state index contributed by atoms with van der Waals surface area (Å²) in [6.07, 6.45) is 2.85. The second-order valence-electron chi connectivity index (χ2n) is 7.52. The summed E-state index contributed by atoms with van der Waals surface area (Å²) in [6.45, 7) is 4.12. The summed E-state index contributed by atoms with van der Waals surface area (Å²) in [6, 6.07) is 16.2. The number of carbonyl (C=O) groups is 2. The molecule has 0 saturated carbocycles. The van der Waals surface area contributed by atoms with E-state index in [-0.39, 0.29) is 23.5 Å². The first kappa shape index (κ1) is 19.0. The van der Waals surface area contributed by atoms with Crippen LogP contribution in [0, 0.1) is 0 Å². The van der Waals surface area contributed by atoms with Crippen molar-refractivity contribution in [1.29, 1.82) is 0 Å². The minimum Gasteiger partial charge on any atom is -0.352 e. The Bertz CT molecular complexity index is 847. The molecule has 0 aliphatic carbocycles. The van der Waals surface area contributed by atoms with Gasteiger partial charge >= 0.3 is 0 Å². The minimum atomic E-state index is -0.388. The van der Waals surface area contributed by atoms with Gasteiger partial charge in [-0.2, -0.15) is 0 Å². The van der Waals surface area contributed by atoms with Gasteiger partial charge in [0, 0.05) is 36.3 Å². The van der Waals surface area contributed by atoms with E-state index in [2.05, 4.69) is 34.9 Å². The van der Waals surface area contributed by atoms with Gasteiger partial charge in [-0.05, 0) is 17.7 Å². The van der Waals surface area contributed by atoms with Gasteiger partial charge in [0.25, 0.3) is 0 Å². The lowest BCUT2D eigenvalue weighted by Crippen LogP contribution is -3.08. The molecule has 1 fully saturated rings. The molecule has 5 nitrogen and oxygen atoms in total. The van der Waals surface area contributed by atoms with E-state index in [1.54, 1.807) is 4.90 Å². The van der Waals surface area contributed by atoms with Crippen LogP contribution in [0.15, 0.2) is 53.4 Å².